The summed E-state index contributed by atoms with van der Waals surface area (Å²) < 4.78 is 14.0. The smallest absolute Gasteiger partial charge is 0.246 e. The molecule has 3 nitrogen and oxygen atoms in total. The Morgan fingerprint density at radius 1 is 1.10 bits per heavy atom. The van der Waals surface area contributed by atoms with Gasteiger partial charge in [-0.2, -0.15) is 0 Å². The molecule has 0 radical (unpaired) electrons. The number of hydrogen-bond acceptors (Lipinski definition) is 2. The Morgan fingerprint density at radius 3 is 2.50 bits per heavy atom. The van der Waals surface area contributed by atoms with Gasteiger partial charge in [0.1, 0.15) is 12.4 Å². The molecule has 5 heteroatoms. The van der Waals surface area contributed by atoms with Crippen molar-refractivity contribution in [2.24, 2.45) is 0 Å². The molecule has 3 rings (SSSR count). The maximum atomic E-state index is 13.1. The van der Waals surface area contributed by atoms with Crippen molar-refractivity contribution < 1.29 is 9.18 Å². The summed E-state index contributed by atoms with van der Waals surface area (Å²) in [5.74, 6) is -0.284. The van der Waals surface area contributed by atoms with E-state index in [4.69, 9.17) is 0 Å². The maximum Gasteiger partial charge on any atom is 0.246 e. The van der Waals surface area contributed by atoms with E-state index in [1.807, 2.05) is 23.1 Å². The highest BCUT2D eigenvalue weighted by molar-refractivity contribution is 9.10. The highest BCUT2D eigenvalue weighted by Crippen LogP contribution is 2.39. The Kier molecular flexibility index (Phi) is 3.22. The number of amides is 1. The van der Waals surface area contributed by atoms with Gasteiger partial charge in [-0.25, -0.2) is 4.39 Å². The summed E-state index contributed by atoms with van der Waals surface area (Å²) in [6, 6.07) is 11.9. The van der Waals surface area contributed by atoms with Crippen LogP contribution in [0.1, 0.15) is 0 Å². The van der Waals surface area contributed by atoms with Gasteiger partial charge in [0.25, 0.3) is 0 Å². The van der Waals surface area contributed by atoms with E-state index < -0.39 is 0 Å². The number of carbonyl (C=O) groups excluding carboxylic acids is 1. The van der Waals surface area contributed by atoms with Gasteiger partial charge in [0.2, 0.25) is 5.91 Å². The first-order chi connectivity index (χ1) is 9.56. The predicted octanol–water partition coefficient (Wildman–Crippen LogP) is 3.70. The van der Waals surface area contributed by atoms with E-state index in [0.29, 0.717) is 0 Å². The van der Waals surface area contributed by atoms with Gasteiger partial charge in [-0.3, -0.25) is 4.79 Å². The number of hydrogen-bond donors (Lipinski definition) is 0. The average Bonchev–Trinajstić information content (AvgIpc) is 2.44. The lowest BCUT2D eigenvalue weighted by Gasteiger charge is -2.35. The van der Waals surface area contributed by atoms with E-state index in [1.165, 1.54) is 12.1 Å². The van der Waals surface area contributed by atoms with Crippen molar-refractivity contribution in [1.29, 1.82) is 0 Å². The van der Waals surface area contributed by atoms with Crippen molar-refractivity contribution in [2.75, 3.05) is 23.4 Å². The third-order valence-electron chi connectivity index (χ3n) is 3.40. The van der Waals surface area contributed by atoms with E-state index in [1.54, 1.807) is 24.1 Å². The first-order valence-electron chi connectivity index (χ1n) is 6.15. The molecule has 0 aromatic heterocycles. The number of halogens is 2. The summed E-state index contributed by atoms with van der Waals surface area (Å²) in [6.07, 6.45) is 0. The summed E-state index contributed by atoms with van der Waals surface area (Å²) in [5, 5.41) is 0. The monoisotopic (exact) mass is 334 g/mol. The summed E-state index contributed by atoms with van der Waals surface area (Å²) in [7, 11) is 1.76. The molecule has 0 aliphatic carbocycles. The highest BCUT2D eigenvalue weighted by atomic mass is 79.9. The molecular formula is C15H12BrFN2O. The zero-order chi connectivity index (χ0) is 14.3. The summed E-state index contributed by atoms with van der Waals surface area (Å²) in [6.45, 7) is 0.242. The molecule has 1 amide bonds. The number of benzene rings is 2. The molecule has 102 valence electrons. The summed E-state index contributed by atoms with van der Waals surface area (Å²) in [5.41, 5.74) is 2.56. The standard InChI is InChI=1S/C15H12BrFN2O/c1-18-13-7-2-10(16)8-14(13)19(9-15(18)20)12-5-3-11(17)4-6-12/h2-8H,9H2,1H3. The minimum absolute atomic E-state index is 0.00384. The Labute approximate surface area is 124 Å². The van der Waals surface area contributed by atoms with E-state index >= 15 is 0 Å². The quantitative estimate of drug-likeness (QED) is 0.793. The molecule has 0 atom stereocenters. The van der Waals surface area contributed by atoms with E-state index in [9.17, 15) is 9.18 Å². The number of carbonyl (C=O) groups is 1. The van der Waals surface area contributed by atoms with Crippen LogP contribution >= 0.6 is 15.9 Å². The van der Waals surface area contributed by atoms with Gasteiger partial charge >= 0.3 is 0 Å². The molecule has 0 fully saturated rings. The molecule has 0 saturated heterocycles. The largest absolute Gasteiger partial charge is 0.330 e. The molecule has 0 bridgehead atoms. The minimum Gasteiger partial charge on any atom is -0.330 e. The number of fused-ring (bicyclic) bond motifs is 1. The van der Waals surface area contributed by atoms with Crippen LogP contribution in [0.15, 0.2) is 46.9 Å². The molecule has 1 heterocycles. The molecule has 0 N–H and O–H groups in total. The van der Waals surface area contributed by atoms with Crippen LogP contribution in [0.4, 0.5) is 21.5 Å². The van der Waals surface area contributed by atoms with Crippen molar-refractivity contribution in [1.82, 2.24) is 0 Å². The van der Waals surface area contributed by atoms with Crippen LogP contribution in [0.3, 0.4) is 0 Å². The molecule has 0 unspecified atom stereocenters. The van der Waals surface area contributed by atoms with Crippen LogP contribution < -0.4 is 9.80 Å². The first kappa shape index (κ1) is 13.1. The van der Waals surface area contributed by atoms with Crippen molar-refractivity contribution in [3.63, 3.8) is 0 Å². The van der Waals surface area contributed by atoms with E-state index in [2.05, 4.69) is 15.9 Å². The van der Waals surface area contributed by atoms with Crippen LogP contribution in [-0.2, 0) is 4.79 Å². The molecule has 0 spiro atoms. The van der Waals surface area contributed by atoms with Gasteiger partial charge in [-0.15, -0.1) is 0 Å². The van der Waals surface area contributed by atoms with Gasteiger partial charge in [0, 0.05) is 17.2 Å². The molecular weight excluding hydrogens is 323 g/mol. The Balaban J connectivity index is 2.13. The fourth-order valence-electron chi connectivity index (χ4n) is 2.31. The summed E-state index contributed by atoms with van der Waals surface area (Å²) >= 11 is 3.45. The van der Waals surface area contributed by atoms with Crippen molar-refractivity contribution in [2.45, 2.75) is 0 Å². The second-order valence-electron chi connectivity index (χ2n) is 4.65. The fourth-order valence-corrected chi connectivity index (χ4v) is 2.66. The van der Waals surface area contributed by atoms with Gasteiger partial charge in [0.05, 0.1) is 11.4 Å². The lowest BCUT2D eigenvalue weighted by Crippen LogP contribution is -2.41. The maximum absolute atomic E-state index is 13.1. The Bertz CT molecular complexity index is 672. The number of nitrogens with zero attached hydrogens (tertiary/aromatic N) is 2. The summed E-state index contributed by atoms with van der Waals surface area (Å²) in [4.78, 5) is 15.6. The minimum atomic E-state index is -0.288. The van der Waals surface area contributed by atoms with Gasteiger partial charge in [-0.05, 0) is 42.5 Å². The zero-order valence-electron chi connectivity index (χ0n) is 10.8. The molecule has 1 aliphatic heterocycles. The lowest BCUT2D eigenvalue weighted by atomic mass is 10.1. The molecule has 20 heavy (non-hydrogen) atoms. The van der Waals surface area contributed by atoms with Crippen LogP contribution in [0.2, 0.25) is 0 Å². The predicted molar refractivity (Wildman–Crippen MR) is 81.0 cm³/mol. The number of anilines is 3. The van der Waals surface area contributed by atoms with Gasteiger partial charge in [0.15, 0.2) is 0 Å². The van der Waals surface area contributed by atoms with Crippen LogP contribution in [-0.4, -0.2) is 19.5 Å². The topological polar surface area (TPSA) is 23.6 Å². The molecule has 1 aliphatic rings. The lowest BCUT2D eigenvalue weighted by molar-refractivity contribution is -0.117. The highest BCUT2D eigenvalue weighted by Gasteiger charge is 2.27. The fraction of sp³-hybridized carbons (Fsp3) is 0.133. The Morgan fingerprint density at radius 2 is 1.80 bits per heavy atom. The van der Waals surface area contributed by atoms with Crippen LogP contribution in [0.25, 0.3) is 0 Å². The second-order valence-corrected chi connectivity index (χ2v) is 5.56. The third-order valence-corrected chi connectivity index (χ3v) is 3.89. The number of rotatable bonds is 1. The third kappa shape index (κ3) is 2.18. The van der Waals surface area contributed by atoms with Crippen LogP contribution in [0, 0.1) is 5.82 Å². The SMILES string of the molecule is CN1C(=O)CN(c2ccc(F)cc2)c2cc(Br)ccc21. The first-order valence-corrected chi connectivity index (χ1v) is 6.95. The molecule has 0 saturated carbocycles. The zero-order valence-corrected chi connectivity index (χ0v) is 12.4. The Hall–Kier alpha value is -1.88. The van der Waals surface area contributed by atoms with Gasteiger partial charge in [-0.1, -0.05) is 15.9 Å². The number of likely N-dealkylation sites (N-methyl/N-ethyl adjacent to an activating group) is 1. The normalized spacial score (nSPS) is 14.4. The molecule has 2 aromatic carbocycles. The van der Waals surface area contributed by atoms with Crippen LogP contribution in [0.5, 0.6) is 0 Å². The van der Waals surface area contributed by atoms with Gasteiger partial charge < -0.3 is 9.80 Å². The van der Waals surface area contributed by atoms with Crippen molar-refractivity contribution in [3.8, 4) is 0 Å². The van der Waals surface area contributed by atoms with E-state index in [-0.39, 0.29) is 18.3 Å². The van der Waals surface area contributed by atoms with Crippen molar-refractivity contribution in [3.05, 3.63) is 52.8 Å². The average molecular weight is 335 g/mol. The van der Waals surface area contributed by atoms with E-state index in [0.717, 1.165) is 21.5 Å². The van der Waals surface area contributed by atoms with Crippen molar-refractivity contribution >= 4 is 38.9 Å². The molecule has 2 aromatic rings. The second kappa shape index (κ2) is 4.90.